The van der Waals surface area contributed by atoms with E-state index < -0.39 is 16.1 Å². The molecule has 5 nitrogen and oxygen atoms in total. The summed E-state index contributed by atoms with van der Waals surface area (Å²) in [6, 6.07) is 5.92. The summed E-state index contributed by atoms with van der Waals surface area (Å²) in [6.07, 6.45) is 0. The summed E-state index contributed by atoms with van der Waals surface area (Å²) in [5, 5.41) is 7.28. The second kappa shape index (κ2) is 4.85. The SMILES string of the molecule is Cc1ccc(S(=O)(=O)N(C)C(C)C(=N)N)cc1. The van der Waals surface area contributed by atoms with Crippen molar-refractivity contribution in [2.45, 2.75) is 24.8 Å². The summed E-state index contributed by atoms with van der Waals surface area (Å²) < 4.78 is 25.4. The van der Waals surface area contributed by atoms with E-state index >= 15 is 0 Å². The molecule has 3 N–H and O–H groups in total. The minimum absolute atomic E-state index is 0.178. The molecular formula is C11H17N3O2S. The molecular weight excluding hydrogens is 238 g/mol. The van der Waals surface area contributed by atoms with E-state index in [2.05, 4.69) is 0 Å². The molecule has 1 rings (SSSR count). The van der Waals surface area contributed by atoms with E-state index in [0.717, 1.165) is 9.87 Å². The van der Waals surface area contributed by atoms with Crippen molar-refractivity contribution in [2.24, 2.45) is 5.73 Å². The lowest BCUT2D eigenvalue weighted by atomic mass is 10.2. The first-order valence-corrected chi connectivity index (χ1v) is 6.59. The number of benzene rings is 1. The Morgan fingerprint density at radius 1 is 1.35 bits per heavy atom. The van der Waals surface area contributed by atoms with Crippen molar-refractivity contribution >= 4 is 15.9 Å². The Hall–Kier alpha value is -1.40. The minimum atomic E-state index is -3.59. The average molecular weight is 255 g/mol. The Balaban J connectivity index is 3.11. The van der Waals surface area contributed by atoms with Crippen molar-refractivity contribution in [3.63, 3.8) is 0 Å². The molecule has 0 bridgehead atoms. The fourth-order valence-corrected chi connectivity index (χ4v) is 2.62. The lowest BCUT2D eigenvalue weighted by molar-refractivity contribution is 0.448. The average Bonchev–Trinajstić information content (AvgIpc) is 2.27. The second-order valence-corrected chi connectivity index (χ2v) is 5.96. The van der Waals surface area contributed by atoms with Crippen LogP contribution >= 0.6 is 0 Å². The molecule has 0 aliphatic rings. The van der Waals surface area contributed by atoms with Gasteiger partial charge in [0.2, 0.25) is 10.0 Å². The van der Waals surface area contributed by atoms with Gasteiger partial charge >= 0.3 is 0 Å². The molecule has 1 atom stereocenters. The highest BCUT2D eigenvalue weighted by Gasteiger charge is 2.26. The Bertz CT molecular complexity index is 508. The van der Waals surface area contributed by atoms with E-state index in [4.69, 9.17) is 11.1 Å². The predicted molar refractivity (Wildman–Crippen MR) is 67.5 cm³/mol. The van der Waals surface area contributed by atoms with Crippen LogP contribution in [-0.4, -0.2) is 31.6 Å². The van der Waals surface area contributed by atoms with E-state index in [9.17, 15) is 8.42 Å². The van der Waals surface area contributed by atoms with Gasteiger partial charge < -0.3 is 5.73 Å². The summed E-state index contributed by atoms with van der Waals surface area (Å²) in [5.41, 5.74) is 6.30. The highest BCUT2D eigenvalue weighted by molar-refractivity contribution is 7.89. The topological polar surface area (TPSA) is 87.2 Å². The molecule has 17 heavy (non-hydrogen) atoms. The van der Waals surface area contributed by atoms with E-state index in [1.54, 1.807) is 31.2 Å². The molecule has 0 saturated heterocycles. The highest BCUT2D eigenvalue weighted by Crippen LogP contribution is 2.16. The van der Waals surface area contributed by atoms with Gasteiger partial charge in [-0.2, -0.15) is 4.31 Å². The van der Waals surface area contributed by atoms with Crippen LogP contribution in [0.3, 0.4) is 0 Å². The van der Waals surface area contributed by atoms with Gasteiger partial charge in [0, 0.05) is 7.05 Å². The first kappa shape index (κ1) is 13.7. The first-order valence-electron chi connectivity index (χ1n) is 5.15. The molecule has 0 radical (unpaired) electrons. The third kappa shape index (κ3) is 2.83. The molecule has 1 unspecified atom stereocenters. The van der Waals surface area contributed by atoms with Gasteiger partial charge in [-0.15, -0.1) is 0 Å². The third-order valence-corrected chi connectivity index (χ3v) is 4.64. The van der Waals surface area contributed by atoms with Gasteiger partial charge in [-0.25, -0.2) is 8.42 Å². The van der Waals surface area contributed by atoms with Crippen LogP contribution in [0.4, 0.5) is 0 Å². The maximum absolute atomic E-state index is 12.2. The van der Waals surface area contributed by atoms with E-state index in [-0.39, 0.29) is 10.7 Å². The Morgan fingerprint density at radius 3 is 2.24 bits per heavy atom. The predicted octanol–water partition coefficient (Wildman–Crippen LogP) is 0.940. The summed E-state index contributed by atoms with van der Waals surface area (Å²) in [4.78, 5) is 0.207. The van der Waals surface area contributed by atoms with Gasteiger partial charge in [-0.1, -0.05) is 17.7 Å². The number of sulfonamides is 1. The minimum Gasteiger partial charge on any atom is -0.386 e. The van der Waals surface area contributed by atoms with Gasteiger partial charge in [0.25, 0.3) is 0 Å². The lowest BCUT2D eigenvalue weighted by Gasteiger charge is -2.23. The Labute approximate surface area is 102 Å². The van der Waals surface area contributed by atoms with Crippen molar-refractivity contribution in [3.8, 4) is 0 Å². The molecule has 0 heterocycles. The monoisotopic (exact) mass is 255 g/mol. The standard InChI is InChI=1S/C11H17N3O2S/c1-8-4-6-10(7-5-8)17(15,16)14(3)9(2)11(12)13/h4-7,9H,1-3H3,(H3,12,13). The molecule has 0 aliphatic heterocycles. The van der Waals surface area contributed by atoms with Gasteiger partial charge in [0.15, 0.2) is 0 Å². The van der Waals surface area contributed by atoms with Crippen LogP contribution in [-0.2, 0) is 10.0 Å². The molecule has 0 aliphatic carbocycles. The fraction of sp³-hybridized carbons (Fsp3) is 0.364. The normalized spacial score (nSPS) is 13.6. The number of hydrogen-bond acceptors (Lipinski definition) is 3. The number of likely N-dealkylation sites (N-methyl/N-ethyl adjacent to an activating group) is 1. The van der Waals surface area contributed by atoms with Gasteiger partial charge in [-0.05, 0) is 26.0 Å². The second-order valence-electron chi connectivity index (χ2n) is 3.97. The third-order valence-electron chi connectivity index (χ3n) is 2.69. The van der Waals surface area contributed by atoms with Crippen LogP contribution in [0.1, 0.15) is 12.5 Å². The van der Waals surface area contributed by atoms with Gasteiger partial charge in [0.1, 0.15) is 5.84 Å². The molecule has 0 amide bonds. The number of amidine groups is 1. The highest BCUT2D eigenvalue weighted by atomic mass is 32.2. The number of hydrogen-bond donors (Lipinski definition) is 2. The molecule has 6 heteroatoms. The van der Waals surface area contributed by atoms with E-state index in [1.165, 1.54) is 7.05 Å². The number of nitrogens with zero attached hydrogens (tertiary/aromatic N) is 1. The van der Waals surface area contributed by atoms with Crippen molar-refractivity contribution in [3.05, 3.63) is 29.8 Å². The van der Waals surface area contributed by atoms with Crippen LogP contribution < -0.4 is 5.73 Å². The van der Waals surface area contributed by atoms with Crippen molar-refractivity contribution in [1.29, 1.82) is 5.41 Å². The number of rotatable bonds is 4. The molecule has 94 valence electrons. The van der Waals surface area contributed by atoms with Crippen LogP contribution in [0.25, 0.3) is 0 Å². The molecule has 0 fully saturated rings. The molecule has 1 aromatic rings. The van der Waals surface area contributed by atoms with Gasteiger partial charge in [-0.3, -0.25) is 5.41 Å². The fourth-order valence-electron chi connectivity index (χ4n) is 1.28. The molecule has 1 aromatic carbocycles. The smallest absolute Gasteiger partial charge is 0.243 e. The lowest BCUT2D eigenvalue weighted by Crippen LogP contribution is -2.43. The van der Waals surface area contributed by atoms with Crippen molar-refractivity contribution in [2.75, 3.05) is 7.05 Å². The zero-order valence-electron chi connectivity index (χ0n) is 10.1. The summed E-state index contributed by atoms with van der Waals surface area (Å²) >= 11 is 0. The zero-order valence-corrected chi connectivity index (χ0v) is 11.0. The van der Waals surface area contributed by atoms with Crippen LogP contribution in [0, 0.1) is 12.3 Å². The summed E-state index contributed by atoms with van der Waals surface area (Å²) in [5.74, 6) is -0.178. The Kier molecular flexibility index (Phi) is 3.90. The molecule has 0 spiro atoms. The van der Waals surface area contributed by atoms with Crippen LogP contribution in [0.2, 0.25) is 0 Å². The number of aryl methyl sites for hydroxylation is 1. The quantitative estimate of drug-likeness (QED) is 0.620. The van der Waals surface area contributed by atoms with Gasteiger partial charge in [0.05, 0.1) is 10.9 Å². The van der Waals surface area contributed by atoms with Crippen LogP contribution in [0.5, 0.6) is 0 Å². The molecule has 0 saturated carbocycles. The Morgan fingerprint density at radius 2 is 1.82 bits per heavy atom. The summed E-state index contributed by atoms with van der Waals surface area (Å²) in [7, 11) is -2.17. The zero-order chi connectivity index (χ0) is 13.2. The first-order chi connectivity index (χ1) is 7.76. The van der Waals surface area contributed by atoms with E-state index in [0.29, 0.717) is 0 Å². The van der Waals surface area contributed by atoms with Crippen molar-refractivity contribution in [1.82, 2.24) is 4.31 Å². The largest absolute Gasteiger partial charge is 0.386 e. The maximum Gasteiger partial charge on any atom is 0.243 e. The number of nitrogens with one attached hydrogen (secondary N) is 1. The maximum atomic E-state index is 12.2. The van der Waals surface area contributed by atoms with Crippen LogP contribution in [0.15, 0.2) is 29.2 Å². The van der Waals surface area contributed by atoms with E-state index in [1.807, 2.05) is 6.92 Å². The number of nitrogens with two attached hydrogens (primary N) is 1. The summed E-state index contributed by atoms with van der Waals surface area (Å²) in [6.45, 7) is 3.46. The van der Waals surface area contributed by atoms with Crippen molar-refractivity contribution < 1.29 is 8.42 Å². The molecule has 0 aromatic heterocycles.